The van der Waals surface area contributed by atoms with E-state index in [9.17, 15) is 13.2 Å². The Morgan fingerprint density at radius 1 is 1.14 bits per heavy atom. The highest BCUT2D eigenvalue weighted by atomic mass is 32.2. The van der Waals surface area contributed by atoms with Gasteiger partial charge in [-0.05, 0) is 36.6 Å². The molecule has 0 saturated carbocycles. The lowest BCUT2D eigenvalue weighted by molar-refractivity contribution is 0.0735. The first-order valence-electron chi connectivity index (χ1n) is 9.98. The van der Waals surface area contributed by atoms with Crippen molar-refractivity contribution in [2.45, 2.75) is 37.6 Å². The molecule has 2 aromatic rings. The third-order valence-electron chi connectivity index (χ3n) is 5.43. The predicted molar refractivity (Wildman–Crippen MR) is 113 cm³/mol. The van der Waals surface area contributed by atoms with Gasteiger partial charge in [-0.2, -0.15) is 4.31 Å². The van der Waals surface area contributed by atoms with E-state index in [2.05, 4.69) is 0 Å². The highest BCUT2D eigenvalue weighted by Crippen LogP contribution is 2.34. The van der Waals surface area contributed by atoms with E-state index in [1.54, 1.807) is 26.0 Å². The van der Waals surface area contributed by atoms with Gasteiger partial charge in [-0.15, -0.1) is 0 Å². The van der Waals surface area contributed by atoms with Crippen LogP contribution in [-0.2, 0) is 10.0 Å². The minimum Gasteiger partial charge on any atom is -0.495 e. The molecule has 29 heavy (non-hydrogen) atoms. The third kappa shape index (κ3) is 4.16. The first-order chi connectivity index (χ1) is 13.9. The number of benzene rings is 2. The molecule has 1 saturated heterocycles. The summed E-state index contributed by atoms with van der Waals surface area (Å²) < 4.78 is 32.8. The Morgan fingerprint density at radius 2 is 1.83 bits per heavy atom. The summed E-state index contributed by atoms with van der Waals surface area (Å²) in [6.45, 7) is 4.93. The lowest BCUT2D eigenvalue weighted by Gasteiger charge is -2.26. The molecule has 7 heteroatoms. The lowest BCUT2D eigenvalue weighted by Crippen LogP contribution is -2.32. The largest absolute Gasteiger partial charge is 0.495 e. The van der Waals surface area contributed by atoms with Crippen LogP contribution in [0.25, 0.3) is 0 Å². The number of methoxy groups -OCH3 is 1. The van der Waals surface area contributed by atoms with Gasteiger partial charge in [0, 0.05) is 25.2 Å². The van der Waals surface area contributed by atoms with Gasteiger partial charge >= 0.3 is 0 Å². The minimum atomic E-state index is -3.75. The molecule has 1 unspecified atom stereocenters. The number of rotatable bonds is 7. The molecule has 1 atom stereocenters. The average molecular weight is 417 g/mol. The van der Waals surface area contributed by atoms with Crippen LogP contribution in [0.4, 0.5) is 0 Å². The maximum atomic E-state index is 13.3. The normalized spacial score (nSPS) is 17.0. The van der Waals surface area contributed by atoms with Crippen molar-refractivity contribution < 1.29 is 17.9 Å². The number of nitrogens with zero attached hydrogens (tertiary/aromatic N) is 2. The molecule has 156 valence electrons. The number of hydrogen-bond donors (Lipinski definition) is 0. The van der Waals surface area contributed by atoms with Crippen molar-refractivity contribution in [1.29, 1.82) is 0 Å². The monoisotopic (exact) mass is 416 g/mol. The maximum Gasteiger partial charge on any atom is 0.254 e. The van der Waals surface area contributed by atoms with E-state index in [0.717, 1.165) is 18.4 Å². The van der Waals surface area contributed by atoms with Gasteiger partial charge < -0.3 is 9.64 Å². The van der Waals surface area contributed by atoms with Crippen LogP contribution in [0.3, 0.4) is 0 Å². The molecule has 0 bridgehead atoms. The molecule has 0 aliphatic carbocycles. The van der Waals surface area contributed by atoms with Crippen molar-refractivity contribution in [3.63, 3.8) is 0 Å². The second-order valence-electron chi connectivity index (χ2n) is 7.02. The van der Waals surface area contributed by atoms with Crippen LogP contribution >= 0.6 is 0 Å². The van der Waals surface area contributed by atoms with Gasteiger partial charge in [0.05, 0.1) is 13.2 Å². The van der Waals surface area contributed by atoms with E-state index >= 15 is 0 Å². The lowest BCUT2D eigenvalue weighted by atomic mass is 10.0. The Hall–Kier alpha value is -2.38. The van der Waals surface area contributed by atoms with Crippen molar-refractivity contribution in [1.82, 2.24) is 9.21 Å². The number of amides is 1. The second kappa shape index (κ2) is 8.97. The maximum absolute atomic E-state index is 13.3. The molecule has 1 amide bonds. The summed E-state index contributed by atoms with van der Waals surface area (Å²) in [5.74, 6) is 0.0875. The Labute approximate surface area is 173 Å². The quantitative estimate of drug-likeness (QED) is 0.690. The van der Waals surface area contributed by atoms with Crippen molar-refractivity contribution in [2.75, 3.05) is 26.7 Å². The summed E-state index contributed by atoms with van der Waals surface area (Å²) in [5.41, 5.74) is 1.46. The summed E-state index contributed by atoms with van der Waals surface area (Å²) >= 11 is 0. The molecule has 1 aliphatic rings. The summed E-state index contributed by atoms with van der Waals surface area (Å²) in [5, 5.41) is 0. The third-order valence-corrected chi connectivity index (χ3v) is 7.50. The van der Waals surface area contributed by atoms with Gasteiger partial charge in [-0.3, -0.25) is 4.79 Å². The van der Waals surface area contributed by atoms with E-state index < -0.39 is 10.0 Å². The smallest absolute Gasteiger partial charge is 0.254 e. The number of carbonyl (C=O) groups excluding carboxylic acids is 1. The van der Waals surface area contributed by atoms with Crippen molar-refractivity contribution in [3.05, 3.63) is 59.7 Å². The van der Waals surface area contributed by atoms with Crippen LogP contribution in [0.15, 0.2) is 53.4 Å². The van der Waals surface area contributed by atoms with Crippen molar-refractivity contribution in [2.24, 2.45) is 0 Å². The standard InChI is InChI=1S/C22H28N2O4S/c1-4-23(5-2)29(26,27)21-16-18(13-14-20(21)28-3)22(25)24-15-9-12-19(24)17-10-7-6-8-11-17/h6-8,10-11,13-14,16,19H,4-5,9,12,15H2,1-3H3. The first kappa shape index (κ1) is 21.3. The topological polar surface area (TPSA) is 66.9 Å². The zero-order chi connectivity index (χ0) is 21.0. The fraction of sp³-hybridized carbons (Fsp3) is 0.409. The van der Waals surface area contributed by atoms with Crippen molar-refractivity contribution in [3.8, 4) is 5.75 Å². The van der Waals surface area contributed by atoms with E-state index in [1.807, 2.05) is 35.2 Å². The van der Waals surface area contributed by atoms with E-state index in [0.29, 0.717) is 25.2 Å². The summed E-state index contributed by atoms with van der Waals surface area (Å²) in [6.07, 6.45) is 1.82. The molecular weight excluding hydrogens is 388 g/mol. The van der Waals surface area contributed by atoms with Crippen LogP contribution in [0, 0.1) is 0 Å². The number of hydrogen-bond acceptors (Lipinski definition) is 4. The molecule has 2 aromatic carbocycles. The van der Waals surface area contributed by atoms with E-state index in [1.165, 1.54) is 17.5 Å². The van der Waals surface area contributed by atoms with E-state index in [4.69, 9.17) is 4.74 Å². The fourth-order valence-corrected chi connectivity index (χ4v) is 5.55. The zero-order valence-electron chi connectivity index (χ0n) is 17.2. The Balaban J connectivity index is 1.98. The zero-order valence-corrected chi connectivity index (χ0v) is 18.0. The molecular formula is C22H28N2O4S. The first-order valence-corrected chi connectivity index (χ1v) is 11.4. The Bertz CT molecular complexity index is 956. The highest BCUT2D eigenvalue weighted by Gasteiger charge is 2.32. The van der Waals surface area contributed by atoms with Gasteiger partial charge in [0.2, 0.25) is 10.0 Å². The van der Waals surface area contributed by atoms with Crippen LogP contribution < -0.4 is 4.74 Å². The SMILES string of the molecule is CCN(CC)S(=O)(=O)c1cc(C(=O)N2CCCC2c2ccccc2)ccc1OC. The molecule has 0 aromatic heterocycles. The van der Waals surface area contributed by atoms with Crippen molar-refractivity contribution >= 4 is 15.9 Å². The summed E-state index contributed by atoms with van der Waals surface area (Å²) in [6, 6.07) is 14.6. The van der Waals surface area contributed by atoms with Gasteiger partial charge in [0.1, 0.15) is 10.6 Å². The molecule has 1 aliphatic heterocycles. The molecule has 6 nitrogen and oxygen atoms in total. The van der Waals surface area contributed by atoms with Gasteiger partial charge in [-0.1, -0.05) is 44.2 Å². The number of sulfonamides is 1. The summed E-state index contributed by atoms with van der Waals surface area (Å²) in [7, 11) is -2.32. The van der Waals surface area contributed by atoms with Crippen LogP contribution in [0.1, 0.15) is 48.7 Å². The van der Waals surface area contributed by atoms with E-state index in [-0.39, 0.29) is 22.6 Å². The van der Waals surface area contributed by atoms with Gasteiger partial charge in [0.15, 0.2) is 0 Å². The minimum absolute atomic E-state index is 0.00800. The second-order valence-corrected chi connectivity index (χ2v) is 8.93. The van der Waals surface area contributed by atoms with Gasteiger partial charge in [-0.25, -0.2) is 8.42 Å². The predicted octanol–water partition coefficient (Wildman–Crippen LogP) is 3.70. The Kier molecular flexibility index (Phi) is 6.59. The average Bonchev–Trinajstić information content (AvgIpc) is 3.24. The highest BCUT2D eigenvalue weighted by molar-refractivity contribution is 7.89. The number of carbonyl (C=O) groups is 1. The fourth-order valence-electron chi connectivity index (χ4n) is 3.91. The van der Waals surface area contributed by atoms with Crippen LogP contribution in [-0.4, -0.2) is 50.3 Å². The van der Waals surface area contributed by atoms with Gasteiger partial charge in [0.25, 0.3) is 5.91 Å². The number of ether oxygens (including phenoxy) is 1. The van der Waals surface area contributed by atoms with Crippen LogP contribution in [0.5, 0.6) is 5.75 Å². The molecule has 1 fully saturated rings. The summed E-state index contributed by atoms with van der Waals surface area (Å²) in [4.78, 5) is 15.2. The molecule has 0 radical (unpaired) electrons. The molecule has 0 N–H and O–H groups in total. The van der Waals surface area contributed by atoms with Crippen LogP contribution in [0.2, 0.25) is 0 Å². The molecule has 1 heterocycles. The Morgan fingerprint density at radius 3 is 2.45 bits per heavy atom. The number of likely N-dealkylation sites (tertiary alicyclic amines) is 1. The molecule has 3 rings (SSSR count). The molecule has 0 spiro atoms.